The van der Waals surface area contributed by atoms with Gasteiger partial charge in [0.25, 0.3) is 0 Å². The van der Waals surface area contributed by atoms with Gasteiger partial charge in [-0.1, -0.05) is 19.1 Å². The number of nitrogens with zero attached hydrogens (tertiary/aromatic N) is 1. The Bertz CT molecular complexity index is 381. The summed E-state index contributed by atoms with van der Waals surface area (Å²) in [5, 5.41) is 3.50. The maximum Gasteiger partial charge on any atom is 0.118 e. The summed E-state index contributed by atoms with van der Waals surface area (Å²) in [6.07, 6.45) is 1.17. The van der Waals surface area contributed by atoms with Crippen LogP contribution >= 0.6 is 0 Å². The average Bonchev–Trinajstić information content (AvgIpc) is 2.50. The molecular weight excluding hydrogens is 252 g/mol. The third-order valence-corrected chi connectivity index (χ3v) is 3.70. The minimum Gasteiger partial charge on any atom is -0.497 e. The molecule has 1 unspecified atom stereocenters. The molecule has 0 saturated carbocycles. The fraction of sp³-hybridized carbons (Fsp3) is 0.625. The Morgan fingerprint density at radius 3 is 2.85 bits per heavy atom. The van der Waals surface area contributed by atoms with Gasteiger partial charge in [0.2, 0.25) is 0 Å². The SMILES string of the molecule is CCCNCC1COCCN1Cc1ccc(OC)cc1. The molecule has 1 aromatic rings. The van der Waals surface area contributed by atoms with E-state index in [1.807, 2.05) is 12.1 Å². The summed E-state index contributed by atoms with van der Waals surface area (Å²) in [5.41, 5.74) is 1.33. The Labute approximate surface area is 122 Å². The molecule has 1 aliphatic heterocycles. The lowest BCUT2D eigenvalue weighted by Crippen LogP contribution is -2.49. The van der Waals surface area contributed by atoms with Gasteiger partial charge in [0.05, 0.1) is 20.3 Å². The van der Waals surface area contributed by atoms with Crippen molar-refractivity contribution >= 4 is 0 Å². The number of rotatable bonds is 7. The maximum absolute atomic E-state index is 5.62. The predicted octanol–water partition coefficient (Wildman–Crippen LogP) is 1.90. The topological polar surface area (TPSA) is 33.7 Å². The number of methoxy groups -OCH3 is 1. The van der Waals surface area contributed by atoms with Crippen molar-refractivity contribution in [3.63, 3.8) is 0 Å². The molecule has 4 heteroatoms. The molecule has 0 aliphatic carbocycles. The molecule has 1 aromatic carbocycles. The highest BCUT2D eigenvalue weighted by Crippen LogP contribution is 2.15. The molecule has 0 amide bonds. The number of hydrogen-bond acceptors (Lipinski definition) is 4. The van der Waals surface area contributed by atoms with E-state index in [0.717, 1.165) is 45.1 Å². The van der Waals surface area contributed by atoms with Crippen LogP contribution in [0, 0.1) is 0 Å². The van der Waals surface area contributed by atoms with Gasteiger partial charge in [0.1, 0.15) is 5.75 Å². The second-order valence-electron chi connectivity index (χ2n) is 5.25. The first-order chi connectivity index (χ1) is 9.83. The quantitative estimate of drug-likeness (QED) is 0.772. The standard InChI is InChI=1S/C16H26N2O2/c1-3-8-17-11-15-13-20-10-9-18(15)12-14-4-6-16(19-2)7-5-14/h4-7,15,17H,3,8-13H2,1-2H3. The van der Waals surface area contributed by atoms with E-state index in [1.165, 1.54) is 12.0 Å². The summed E-state index contributed by atoms with van der Waals surface area (Å²) in [7, 11) is 1.70. The van der Waals surface area contributed by atoms with E-state index in [0.29, 0.717) is 6.04 Å². The molecule has 0 radical (unpaired) electrons. The van der Waals surface area contributed by atoms with E-state index in [1.54, 1.807) is 7.11 Å². The smallest absolute Gasteiger partial charge is 0.118 e. The normalized spacial score (nSPS) is 20.0. The Balaban J connectivity index is 1.89. The van der Waals surface area contributed by atoms with Crippen molar-refractivity contribution in [1.82, 2.24) is 10.2 Å². The van der Waals surface area contributed by atoms with Gasteiger partial charge in [-0.3, -0.25) is 4.90 Å². The van der Waals surface area contributed by atoms with Gasteiger partial charge in [-0.25, -0.2) is 0 Å². The van der Waals surface area contributed by atoms with Crippen LogP contribution in [0.5, 0.6) is 5.75 Å². The molecule has 2 rings (SSSR count). The van der Waals surface area contributed by atoms with Crippen LogP contribution in [0.3, 0.4) is 0 Å². The first kappa shape index (κ1) is 15.3. The largest absolute Gasteiger partial charge is 0.497 e. The van der Waals surface area contributed by atoms with Crippen LogP contribution in [0.2, 0.25) is 0 Å². The minimum absolute atomic E-state index is 0.470. The zero-order valence-electron chi connectivity index (χ0n) is 12.6. The molecule has 0 spiro atoms. The van der Waals surface area contributed by atoms with Crippen LogP contribution in [-0.4, -0.2) is 50.9 Å². The summed E-state index contributed by atoms with van der Waals surface area (Å²) in [6.45, 7) is 7.92. The van der Waals surface area contributed by atoms with Crippen molar-refractivity contribution in [2.75, 3.05) is 40.0 Å². The lowest BCUT2D eigenvalue weighted by molar-refractivity contribution is -0.0108. The third kappa shape index (κ3) is 4.47. The van der Waals surface area contributed by atoms with Gasteiger partial charge in [-0.15, -0.1) is 0 Å². The lowest BCUT2D eigenvalue weighted by atomic mass is 10.1. The van der Waals surface area contributed by atoms with E-state index >= 15 is 0 Å². The highest BCUT2D eigenvalue weighted by atomic mass is 16.5. The van der Waals surface area contributed by atoms with Crippen molar-refractivity contribution in [3.8, 4) is 5.75 Å². The molecule has 1 N–H and O–H groups in total. The van der Waals surface area contributed by atoms with Crippen molar-refractivity contribution in [3.05, 3.63) is 29.8 Å². The van der Waals surface area contributed by atoms with Crippen molar-refractivity contribution in [2.24, 2.45) is 0 Å². The molecule has 20 heavy (non-hydrogen) atoms. The Hall–Kier alpha value is -1.10. The molecule has 112 valence electrons. The predicted molar refractivity (Wildman–Crippen MR) is 81.2 cm³/mol. The molecular formula is C16H26N2O2. The Kier molecular flexibility index (Phi) is 6.30. The van der Waals surface area contributed by atoms with Crippen LogP contribution in [0.15, 0.2) is 24.3 Å². The van der Waals surface area contributed by atoms with Crippen LogP contribution in [0.1, 0.15) is 18.9 Å². The monoisotopic (exact) mass is 278 g/mol. The summed E-state index contributed by atoms with van der Waals surface area (Å²) >= 11 is 0. The summed E-state index contributed by atoms with van der Waals surface area (Å²) in [5.74, 6) is 0.914. The number of nitrogens with one attached hydrogen (secondary N) is 1. The van der Waals surface area contributed by atoms with Crippen LogP contribution in [0.4, 0.5) is 0 Å². The zero-order valence-corrected chi connectivity index (χ0v) is 12.6. The second kappa shape index (κ2) is 8.25. The van der Waals surface area contributed by atoms with E-state index in [4.69, 9.17) is 9.47 Å². The number of hydrogen-bond donors (Lipinski definition) is 1. The first-order valence-corrected chi connectivity index (χ1v) is 7.49. The molecule has 0 bridgehead atoms. The molecule has 4 nitrogen and oxygen atoms in total. The molecule has 0 aromatic heterocycles. The first-order valence-electron chi connectivity index (χ1n) is 7.49. The van der Waals surface area contributed by atoms with Crippen molar-refractivity contribution in [1.29, 1.82) is 0 Å². The van der Waals surface area contributed by atoms with Gasteiger partial charge in [-0.05, 0) is 30.7 Å². The van der Waals surface area contributed by atoms with E-state index in [-0.39, 0.29) is 0 Å². The zero-order chi connectivity index (χ0) is 14.2. The van der Waals surface area contributed by atoms with E-state index < -0.39 is 0 Å². The molecule has 1 heterocycles. The van der Waals surface area contributed by atoms with Gasteiger partial charge >= 0.3 is 0 Å². The van der Waals surface area contributed by atoms with Crippen LogP contribution in [-0.2, 0) is 11.3 Å². The highest BCUT2D eigenvalue weighted by molar-refractivity contribution is 5.27. The fourth-order valence-electron chi connectivity index (χ4n) is 2.50. The van der Waals surface area contributed by atoms with Gasteiger partial charge in [-0.2, -0.15) is 0 Å². The second-order valence-corrected chi connectivity index (χ2v) is 5.25. The van der Waals surface area contributed by atoms with Crippen molar-refractivity contribution < 1.29 is 9.47 Å². The fourth-order valence-corrected chi connectivity index (χ4v) is 2.50. The van der Waals surface area contributed by atoms with E-state index in [9.17, 15) is 0 Å². The van der Waals surface area contributed by atoms with Gasteiger partial charge in [0.15, 0.2) is 0 Å². The van der Waals surface area contributed by atoms with E-state index in [2.05, 4.69) is 29.3 Å². The number of ether oxygens (including phenoxy) is 2. The van der Waals surface area contributed by atoms with Gasteiger partial charge in [0, 0.05) is 25.7 Å². The average molecular weight is 278 g/mol. The Morgan fingerprint density at radius 2 is 2.15 bits per heavy atom. The molecule has 1 atom stereocenters. The van der Waals surface area contributed by atoms with Gasteiger partial charge < -0.3 is 14.8 Å². The summed E-state index contributed by atoms with van der Waals surface area (Å²) in [4.78, 5) is 2.51. The van der Waals surface area contributed by atoms with Crippen molar-refractivity contribution in [2.45, 2.75) is 25.9 Å². The minimum atomic E-state index is 0.470. The highest BCUT2D eigenvalue weighted by Gasteiger charge is 2.22. The summed E-state index contributed by atoms with van der Waals surface area (Å²) in [6, 6.07) is 8.81. The number of morpholine rings is 1. The maximum atomic E-state index is 5.62. The van der Waals surface area contributed by atoms with Crippen LogP contribution in [0.25, 0.3) is 0 Å². The lowest BCUT2D eigenvalue weighted by Gasteiger charge is -2.35. The molecule has 1 fully saturated rings. The molecule has 1 aliphatic rings. The Morgan fingerprint density at radius 1 is 1.35 bits per heavy atom. The van der Waals surface area contributed by atoms with Crippen LogP contribution < -0.4 is 10.1 Å². The third-order valence-electron chi connectivity index (χ3n) is 3.70. The molecule has 1 saturated heterocycles. The summed E-state index contributed by atoms with van der Waals surface area (Å²) < 4.78 is 10.8. The number of benzene rings is 1.